The minimum atomic E-state index is 0.468. The van der Waals surface area contributed by atoms with Crippen molar-refractivity contribution in [1.29, 1.82) is 0 Å². The van der Waals surface area contributed by atoms with Crippen molar-refractivity contribution < 1.29 is 0 Å². The van der Waals surface area contributed by atoms with Crippen LogP contribution in [-0.2, 0) is 12.8 Å². The van der Waals surface area contributed by atoms with Crippen molar-refractivity contribution in [1.82, 2.24) is 9.97 Å². The molecule has 0 saturated carbocycles. The van der Waals surface area contributed by atoms with Gasteiger partial charge in [0.1, 0.15) is 5.82 Å². The molecule has 94 valence electrons. The monoisotopic (exact) mass is 249 g/mol. The van der Waals surface area contributed by atoms with Gasteiger partial charge in [0, 0.05) is 23.7 Å². The maximum absolute atomic E-state index is 6.02. The van der Waals surface area contributed by atoms with E-state index < -0.39 is 0 Å². The SMILES string of the molecule is C#Cc1c(N)nc2c(c1-c1ccncc1)CCCC2. The quantitative estimate of drug-likeness (QED) is 0.790. The molecule has 3 nitrogen and oxygen atoms in total. The highest BCUT2D eigenvalue weighted by molar-refractivity contribution is 5.79. The summed E-state index contributed by atoms with van der Waals surface area (Å²) in [4.78, 5) is 8.55. The second-order valence-corrected chi connectivity index (χ2v) is 4.76. The first kappa shape index (κ1) is 11.7. The van der Waals surface area contributed by atoms with E-state index in [1.165, 1.54) is 18.4 Å². The molecule has 2 aromatic heterocycles. The van der Waals surface area contributed by atoms with Crippen molar-refractivity contribution in [2.75, 3.05) is 5.73 Å². The zero-order chi connectivity index (χ0) is 13.2. The Balaban J connectivity index is 2.32. The molecule has 0 unspecified atom stereocenters. The standard InChI is InChI=1S/C16H15N3/c1-2-12-15(11-7-9-18-10-8-11)13-5-3-4-6-14(13)19-16(12)17/h1,7-10H,3-6H2,(H2,17,19). The van der Waals surface area contributed by atoms with Crippen molar-refractivity contribution in [3.63, 3.8) is 0 Å². The van der Waals surface area contributed by atoms with Crippen LogP contribution in [0.5, 0.6) is 0 Å². The third-order valence-electron chi connectivity index (χ3n) is 3.62. The van der Waals surface area contributed by atoms with E-state index in [4.69, 9.17) is 12.2 Å². The van der Waals surface area contributed by atoms with E-state index in [9.17, 15) is 0 Å². The largest absolute Gasteiger partial charge is 0.383 e. The maximum Gasteiger partial charge on any atom is 0.140 e. The first-order valence-corrected chi connectivity index (χ1v) is 6.49. The number of pyridine rings is 2. The molecule has 19 heavy (non-hydrogen) atoms. The maximum atomic E-state index is 6.02. The van der Waals surface area contributed by atoms with E-state index in [2.05, 4.69) is 15.9 Å². The summed E-state index contributed by atoms with van der Waals surface area (Å²) < 4.78 is 0. The van der Waals surface area contributed by atoms with Crippen LogP contribution in [0, 0.1) is 12.3 Å². The highest BCUT2D eigenvalue weighted by atomic mass is 14.9. The van der Waals surface area contributed by atoms with Gasteiger partial charge in [0.2, 0.25) is 0 Å². The van der Waals surface area contributed by atoms with Gasteiger partial charge in [-0.15, -0.1) is 6.42 Å². The zero-order valence-electron chi connectivity index (χ0n) is 10.7. The van der Waals surface area contributed by atoms with Gasteiger partial charge in [0.25, 0.3) is 0 Å². The molecule has 2 heterocycles. The lowest BCUT2D eigenvalue weighted by molar-refractivity contribution is 0.670. The number of fused-ring (bicyclic) bond motifs is 1. The van der Waals surface area contributed by atoms with Gasteiger partial charge in [0.05, 0.1) is 5.56 Å². The number of nitrogen functional groups attached to an aromatic ring is 1. The van der Waals surface area contributed by atoms with Crippen LogP contribution < -0.4 is 5.73 Å². The predicted octanol–water partition coefficient (Wildman–Crippen LogP) is 2.59. The van der Waals surface area contributed by atoms with Gasteiger partial charge in [0.15, 0.2) is 0 Å². The molecular formula is C16H15N3. The number of aryl methyl sites for hydroxylation is 1. The van der Waals surface area contributed by atoms with Gasteiger partial charge in [-0.2, -0.15) is 0 Å². The Hall–Kier alpha value is -2.34. The molecule has 0 fully saturated rings. The van der Waals surface area contributed by atoms with Crippen molar-refractivity contribution in [3.8, 4) is 23.5 Å². The average molecular weight is 249 g/mol. The lowest BCUT2D eigenvalue weighted by atomic mass is 9.87. The Kier molecular flexibility index (Phi) is 2.92. The van der Waals surface area contributed by atoms with Crippen LogP contribution in [0.25, 0.3) is 11.1 Å². The number of anilines is 1. The first-order chi connectivity index (χ1) is 9.31. The smallest absolute Gasteiger partial charge is 0.140 e. The van der Waals surface area contributed by atoms with Gasteiger partial charge in [-0.05, 0) is 48.9 Å². The number of aromatic nitrogens is 2. The minimum Gasteiger partial charge on any atom is -0.383 e. The number of nitrogens with zero attached hydrogens (tertiary/aromatic N) is 2. The van der Waals surface area contributed by atoms with E-state index in [1.54, 1.807) is 12.4 Å². The molecule has 3 rings (SSSR count). The van der Waals surface area contributed by atoms with Crippen LogP contribution in [0.2, 0.25) is 0 Å². The second kappa shape index (κ2) is 4.74. The molecular weight excluding hydrogens is 234 g/mol. The number of rotatable bonds is 1. The normalized spacial score (nSPS) is 13.6. The molecule has 0 amide bonds. The van der Waals surface area contributed by atoms with E-state index in [-0.39, 0.29) is 0 Å². The minimum absolute atomic E-state index is 0.468. The zero-order valence-corrected chi connectivity index (χ0v) is 10.7. The van der Waals surface area contributed by atoms with Crippen LogP contribution in [0.1, 0.15) is 29.7 Å². The van der Waals surface area contributed by atoms with Gasteiger partial charge in [-0.1, -0.05) is 5.92 Å². The summed E-state index contributed by atoms with van der Waals surface area (Å²) in [5.74, 6) is 3.17. The van der Waals surface area contributed by atoms with Crippen molar-refractivity contribution in [3.05, 3.63) is 41.3 Å². The van der Waals surface area contributed by atoms with Gasteiger partial charge in [-0.25, -0.2) is 4.98 Å². The van der Waals surface area contributed by atoms with Crippen LogP contribution in [0.3, 0.4) is 0 Å². The highest BCUT2D eigenvalue weighted by Gasteiger charge is 2.20. The van der Waals surface area contributed by atoms with E-state index in [1.807, 2.05) is 12.1 Å². The molecule has 2 N–H and O–H groups in total. The van der Waals surface area contributed by atoms with E-state index in [0.29, 0.717) is 11.4 Å². The molecule has 1 aliphatic carbocycles. The van der Waals surface area contributed by atoms with E-state index >= 15 is 0 Å². The molecule has 0 radical (unpaired) electrons. The third-order valence-corrected chi connectivity index (χ3v) is 3.62. The lowest BCUT2D eigenvalue weighted by Crippen LogP contribution is -2.11. The lowest BCUT2D eigenvalue weighted by Gasteiger charge is -2.21. The molecule has 0 atom stereocenters. The molecule has 0 spiro atoms. The topological polar surface area (TPSA) is 51.8 Å². The van der Waals surface area contributed by atoms with Crippen LogP contribution in [0.15, 0.2) is 24.5 Å². The highest BCUT2D eigenvalue weighted by Crippen LogP contribution is 2.35. The summed E-state index contributed by atoms with van der Waals surface area (Å²) in [6.45, 7) is 0. The summed E-state index contributed by atoms with van der Waals surface area (Å²) in [6, 6.07) is 3.95. The Morgan fingerprint density at radius 3 is 2.63 bits per heavy atom. The first-order valence-electron chi connectivity index (χ1n) is 6.49. The molecule has 2 aromatic rings. The average Bonchev–Trinajstić information content (AvgIpc) is 2.46. The molecule has 3 heteroatoms. The Morgan fingerprint density at radius 1 is 1.16 bits per heavy atom. The van der Waals surface area contributed by atoms with Gasteiger partial charge >= 0.3 is 0 Å². The number of nitrogens with two attached hydrogens (primary N) is 1. The molecule has 0 bridgehead atoms. The van der Waals surface area contributed by atoms with Gasteiger partial charge < -0.3 is 5.73 Å². The van der Waals surface area contributed by atoms with Gasteiger partial charge in [-0.3, -0.25) is 4.98 Å². The van der Waals surface area contributed by atoms with E-state index in [0.717, 1.165) is 29.7 Å². The van der Waals surface area contributed by atoms with Crippen molar-refractivity contribution in [2.45, 2.75) is 25.7 Å². The van der Waals surface area contributed by atoms with Crippen molar-refractivity contribution >= 4 is 5.82 Å². The summed E-state index contributed by atoms with van der Waals surface area (Å²) >= 11 is 0. The second-order valence-electron chi connectivity index (χ2n) is 4.76. The molecule has 0 saturated heterocycles. The number of hydrogen-bond donors (Lipinski definition) is 1. The fourth-order valence-electron chi connectivity index (χ4n) is 2.75. The fourth-order valence-corrected chi connectivity index (χ4v) is 2.75. The van der Waals surface area contributed by atoms with Crippen LogP contribution >= 0.6 is 0 Å². The molecule has 1 aliphatic rings. The molecule has 0 aromatic carbocycles. The predicted molar refractivity (Wildman–Crippen MR) is 76.5 cm³/mol. The van der Waals surface area contributed by atoms with Crippen molar-refractivity contribution in [2.24, 2.45) is 0 Å². The Morgan fingerprint density at radius 2 is 1.89 bits per heavy atom. The van der Waals surface area contributed by atoms with Crippen LogP contribution in [-0.4, -0.2) is 9.97 Å². The Bertz CT molecular complexity index is 654. The summed E-state index contributed by atoms with van der Waals surface area (Å²) in [5.41, 5.74) is 11.3. The van der Waals surface area contributed by atoms with Crippen LogP contribution in [0.4, 0.5) is 5.82 Å². The Labute approximate surface area is 112 Å². The number of hydrogen-bond acceptors (Lipinski definition) is 3. The molecule has 0 aliphatic heterocycles. The summed E-state index contributed by atoms with van der Waals surface area (Å²) in [5, 5.41) is 0. The summed E-state index contributed by atoms with van der Waals surface area (Å²) in [6.07, 6.45) is 13.6. The fraction of sp³-hybridized carbons (Fsp3) is 0.250. The third kappa shape index (κ3) is 1.96. The number of terminal acetylenes is 1. The summed E-state index contributed by atoms with van der Waals surface area (Å²) in [7, 11) is 0.